The lowest BCUT2D eigenvalue weighted by Gasteiger charge is -2.16. The Morgan fingerprint density at radius 3 is 2.11 bits per heavy atom. The van der Waals surface area contributed by atoms with Crippen LogP contribution in [0.25, 0.3) is 0 Å². The minimum absolute atomic E-state index is 0.180. The molecular formula is C20H23NO6. The maximum Gasteiger partial charge on any atom is 0.339 e. The number of carbonyl (C=O) groups is 2. The summed E-state index contributed by atoms with van der Waals surface area (Å²) >= 11 is 0. The summed E-state index contributed by atoms with van der Waals surface area (Å²) in [7, 11) is 4.37. The van der Waals surface area contributed by atoms with Crippen molar-refractivity contribution in [2.24, 2.45) is 0 Å². The van der Waals surface area contributed by atoms with Gasteiger partial charge in [-0.15, -0.1) is 0 Å². The van der Waals surface area contributed by atoms with Crippen LogP contribution in [0.5, 0.6) is 17.2 Å². The number of nitrogens with one attached hydrogen (secondary N) is 1. The van der Waals surface area contributed by atoms with Gasteiger partial charge in [0, 0.05) is 5.69 Å². The SMILES string of the molecule is COc1cc(C(=O)O[C@@H](C)C(=O)Nc2cccc(C)c2)cc(OC)c1OC. The maximum absolute atomic E-state index is 12.4. The van der Waals surface area contributed by atoms with Crippen LogP contribution < -0.4 is 19.5 Å². The van der Waals surface area contributed by atoms with Crippen molar-refractivity contribution in [1.29, 1.82) is 0 Å². The van der Waals surface area contributed by atoms with Crippen LogP contribution in [-0.2, 0) is 9.53 Å². The molecule has 0 spiro atoms. The van der Waals surface area contributed by atoms with Gasteiger partial charge in [-0.1, -0.05) is 12.1 Å². The van der Waals surface area contributed by atoms with Crippen LogP contribution in [0.2, 0.25) is 0 Å². The second-order valence-electron chi connectivity index (χ2n) is 5.82. The summed E-state index contributed by atoms with van der Waals surface area (Å²) in [6.45, 7) is 3.42. The van der Waals surface area contributed by atoms with E-state index >= 15 is 0 Å². The van der Waals surface area contributed by atoms with Crippen molar-refractivity contribution in [2.45, 2.75) is 20.0 Å². The fraction of sp³-hybridized carbons (Fsp3) is 0.300. The third-order valence-electron chi connectivity index (χ3n) is 3.84. The normalized spacial score (nSPS) is 11.3. The van der Waals surface area contributed by atoms with Crippen LogP contribution in [0.3, 0.4) is 0 Å². The van der Waals surface area contributed by atoms with E-state index in [0.717, 1.165) is 5.56 Å². The Morgan fingerprint density at radius 1 is 0.963 bits per heavy atom. The number of carbonyl (C=O) groups excluding carboxylic acids is 2. The predicted molar refractivity (Wildman–Crippen MR) is 101 cm³/mol. The fourth-order valence-electron chi connectivity index (χ4n) is 2.45. The quantitative estimate of drug-likeness (QED) is 0.751. The van der Waals surface area contributed by atoms with Crippen molar-refractivity contribution >= 4 is 17.6 Å². The highest BCUT2D eigenvalue weighted by atomic mass is 16.5. The zero-order valence-corrected chi connectivity index (χ0v) is 16.0. The standard InChI is InChI=1S/C20H23NO6/c1-12-7-6-8-15(9-12)21-19(22)13(2)27-20(23)14-10-16(24-3)18(26-5)17(11-14)25-4/h6-11,13H,1-5H3,(H,21,22)/t13-/m0/s1. The van der Waals surface area contributed by atoms with Crippen LogP contribution >= 0.6 is 0 Å². The maximum atomic E-state index is 12.4. The number of anilines is 1. The molecule has 0 aliphatic rings. The van der Waals surface area contributed by atoms with Crippen molar-refractivity contribution in [3.63, 3.8) is 0 Å². The summed E-state index contributed by atoms with van der Waals surface area (Å²) in [6.07, 6.45) is -0.989. The second-order valence-corrected chi connectivity index (χ2v) is 5.82. The summed E-state index contributed by atoms with van der Waals surface area (Å²) in [5.41, 5.74) is 1.82. The first kappa shape index (κ1) is 20.1. The molecule has 0 saturated carbocycles. The molecule has 0 aromatic heterocycles. The Balaban J connectivity index is 2.12. The summed E-state index contributed by atoms with van der Waals surface area (Å²) in [5, 5.41) is 2.72. The third kappa shape index (κ3) is 4.91. The minimum Gasteiger partial charge on any atom is -0.493 e. The summed E-state index contributed by atoms with van der Waals surface area (Å²) in [6, 6.07) is 10.3. The van der Waals surface area contributed by atoms with Crippen molar-refractivity contribution < 1.29 is 28.5 Å². The highest BCUT2D eigenvalue weighted by Crippen LogP contribution is 2.38. The molecule has 1 atom stereocenters. The molecule has 0 aliphatic carbocycles. The van der Waals surface area contributed by atoms with Gasteiger partial charge in [0.25, 0.3) is 5.91 Å². The number of esters is 1. The predicted octanol–water partition coefficient (Wildman–Crippen LogP) is 3.20. The monoisotopic (exact) mass is 373 g/mol. The van der Waals surface area contributed by atoms with E-state index in [1.165, 1.54) is 40.4 Å². The van der Waals surface area contributed by atoms with E-state index in [1.54, 1.807) is 6.07 Å². The Labute approximate surface area is 158 Å². The van der Waals surface area contributed by atoms with E-state index in [0.29, 0.717) is 22.9 Å². The molecule has 0 heterocycles. The lowest BCUT2D eigenvalue weighted by Crippen LogP contribution is -2.30. The van der Waals surface area contributed by atoms with Gasteiger partial charge < -0.3 is 24.3 Å². The highest BCUT2D eigenvalue weighted by molar-refractivity contribution is 5.97. The fourth-order valence-corrected chi connectivity index (χ4v) is 2.45. The lowest BCUT2D eigenvalue weighted by atomic mass is 10.2. The zero-order valence-electron chi connectivity index (χ0n) is 16.0. The van der Waals surface area contributed by atoms with Crippen molar-refractivity contribution in [3.8, 4) is 17.2 Å². The molecule has 1 amide bonds. The Kier molecular flexibility index (Phi) is 6.65. The molecule has 7 heteroatoms. The van der Waals surface area contributed by atoms with Gasteiger partial charge in [-0.25, -0.2) is 4.79 Å². The average molecular weight is 373 g/mol. The summed E-state index contributed by atoms with van der Waals surface area (Å²) in [4.78, 5) is 24.7. The van der Waals surface area contributed by atoms with Crippen molar-refractivity contribution in [1.82, 2.24) is 0 Å². The van der Waals surface area contributed by atoms with E-state index < -0.39 is 18.0 Å². The Hall–Kier alpha value is -3.22. The molecule has 144 valence electrons. The van der Waals surface area contributed by atoms with Gasteiger partial charge in [-0.05, 0) is 43.7 Å². The molecule has 27 heavy (non-hydrogen) atoms. The van der Waals surface area contributed by atoms with E-state index in [9.17, 15) is 9.59 Å². The molecular weight excluding hydrogens is 350 g/mol. The largest absolute Gasteiger partial charge is 0.493 e. The first-order chi connectivity index (χ1) is 12.9. The first-order valence-corrected chi connectivity index (χ1v) is 8.28. The van der Waals surface area contributed by atoms with Gasteiger partial charge in [-0.2, -0.15) is 0 Å². The molecule has 2 aromatic carbocycles. The molecule has 2 rings (SSSR count). The minimum atomic E-state index is -0.989. The molecule has 0 saturated heterocycles. The van der Waals surface area contributed by atoms with Gasteiger partial charge in [-0.3, -0.25) is 4.79 Å². The number of methoxy groups -OCH3 is 3. The highest BCUT2D eigenvalue weighted by Gasteiger charge is 2.22. The van der Waals surface area contributed by atoms with E-state index in [4.69, 9.17) is 18.9 Å². The molecule has 0 bridgehead atoms. The number of aryl methyl sites for hydroxylation is 1. The number of benzene rings is 2. The first-order valence-electron chi connectivity index (χ1n) is 8.28. The average Bonchev–Trinajstić information content (AvgIpc) is 2.66. The van der Waals surface area contributed by atoms with Crippen LogP contribution in [0.1, 0.15) is 22.8 Å². The van der Waals surface area contributed by atoms with Crippen LogP contribution in [-0.4, -0.2) is 39.3 Å². The van der Waals surface area contributed by atoms with Gasteiger partial charge in [0.1, 0.15) is 0 Å². The van der Waals surface area contributed by atoms with Crippen LogP contribution in [0.15, 0.2) is 36.4 Å². The van der Waals surface area contributed by atoms with Gasteiger partial charge >= 0.3 is 5.97 Å². The van der Waals surface area contributed by atoms with Crippen LogP contribution in [0, 0.1) is 6.92 Å². The summed E-state index contributed by atoms with van der Waals surface area (Å²) < 4.78 is 20.9. The zero-order chi connectivity index (χ0) is 20.0. The smallest absolute Gasteiger partial charge is 0.339 e. The van der Waals surface area contributed by atoms with Gasteiger partial charge in [0.2, 0.25) is 5.75 Å². The molecule has 2 aromatic rings. The van der Waals surface area contributed by atoms with E-state index in [1.807, 2.05) is 25.1 Å². The topological polar surface area (TPSA) is 83.1 Å². The van der Waals surface area contributed by atoms with Crippen molar-refractivity contribution in [2.75, 3.05) is 26.6 Å². The number of amides is 1. The Bertz CT molecular complexity index is 808. The van der Waals surface area contributed by atoms with E-state index in [-0.39, 0.29) is 5.56 Å². The summed E-state index contributed by atoms with van der Waals surface area (Å²) in [5.74, 6) is -0.106. The number of ether oxygens (including phenoxy) is 4. The number of rotatable bonds is 7. The molecule has 0 aliphatic heterocycles. The van der Waals surface area contributed by atoms with Crippen molar-refractivity contribution in [3.05, 3.63) is 47.5 Å². The Morgan fingerprint density at radius 2 is 1.59 bits per heavy atom. The molecule has 1 N–H and O–H groups in total. The number of hydrogen-bond donors (Lipinski definition) is 1. The van der Waals surface area contributed by atoms with Gasteiger partial charge in [0.15, 0.2) is 17.6 Å². The molecule has 7 nitrogen and oxygen atoms in total. The lowest BCUT2D eigenvalue weighted by molar-refractivity contribution is -0.123. The molecule has 0 radical (unpaired) electrons. The molecule has 0 fully saturated rings. The van der Waals surface area contributed by atoms with Gasteiger partial charge in [0.05, 0.1) is 26.9 Å². The molecule has 0 unspecified atom stereocenters. The third-order valence-corrected chi connectivity index (χ3v) is 3.84. The van der Waals surface area contributed by atoms with E-state index in [2.05, 4.69) is 5.32 Å². The second kappa shape index (κ2) is 8.93. The van der Waals surface area contributed by atoms with Crippen LogP contribution in [0.4, 0.5) is 5.69 Å². The number of hydrogen-bond acceptors (Lipinski definition) is 6.